The van der Waals surface area contributed by atoms with Crippen molar-refractivity contribution in [1.82, 2.24) is 15.2 Å². The number of benzene rings is 1. The van der Waals surface area contributed by atoms with Crippen LogP contribution in [0.1, 0.15) is 40.4 Å². The first kappa shape index (κ1) is 19.0. The summed E-state index contributed by atoms with van der Waals surface area (Å²) in [5.41, 5.74) is 1.82. The van der Waals surface area contributed by atoms with E-state index in [0.717, 1.165) is 19.6 Å². The molecule has 2 aliphatic heterocycles. The van der Waals surface area contributed by atoms with E-state index in [1.807, 2.05) is 0 Å². The van der Waals surface area contributed by atoms with Gasteiger partial charge in [-0.05, 0) is 44.1 Å². The Labute approximate surface area is 167 Å². The molecule has 0 spiro atoms. The number of pyridine rings is 1. The third-order valence-corrected chi connectivity index (χ3v) is 5.33. The van der Waals surface area contributed by atoms with E-state index in [9.17, 15) is 19.7 Å². The molecule has 2 N–H and O–H groups in total. The number of carbonyl (C=O) groups is 2. The fourth-order valence-corrected chi connectivity index (χ4v) is 3.80. The third-order valence-electron chi connectivity index (χ3n) is 5.33. The lowest BCUT2D eigenvalue weighted by Gasteiger charge is -2.14. The molecule has 9 nitrogen and oxygen atoms in total. The van der Waals surface area contributed by atoms with Crippen LogP contribution < -0.4 is 10.6 Å². The van der Waals surface area contributed by atoms with E-state index in [0.29, 0.717) is 29.1 Å². The van der Waals surface area contributed by atoms with Crippen LogP contribution in [0.3, 0.4) is 0 Å². The number of hydrogen-bond donors (Lipinski definition) is 2. The van der Waals surface area contributed by atoms with Gasteiger partial charge in [-0.15, -0.1) is 0 Å². The van der Waals surface area contributed by atoms with E-state index < -0.39 is 10.8 Å². The van der Waals surface area contributed by atoms with Gasteiger partial charge in [0.2, 0.25) is 5.91 Å². The first-order valence-electron chi connectivity index (χ1n) is 9.58. The predicted molar refractivity (Wildman–Crippen MR) is 106 cm³/mol. The maximum Gasteiger partial charge on any atom is 0.269 e. The Kier molecular flexibility index (Phi) is 5.22. The van der Waals surface area contributed by atoms with Crippen molar-refractivity contribution < 1.29 is 14.5 Å². The van der Waals surface area contributed by atoms with Gasteiger partial charge in [0.25, 0.3) is 11.6 Å². The molecule has 9 heteroatoms. The van der Waals surface area contributed by atoms with Crippen molar-refractivity contribution in [1.29, 1.82) is 0 Å². The zero-order valence-electron chi connectivity index (χ0n) is 15.8. The Morgan fingerprint density at radius 2 is 2.07 bits per heavy atom. The summed E-state index contributed by atoms with van der Waals surface area (Å²) >= 11 is 0. The van der Waals surface area contributed by atoms with Crippen LogP contribution in [0, 0.1) is 10.1 Å². The lowest BCUT2D eigenvalue weighted by Crippen LogP contribution is -2.33. The van der Waals surface area contributed by atoms with Gasteiger partial charge >= 0.3 is 0 Å². The summed E-state index contributed by atoms with van der Waals surface area (Å²) in [6, 6.07) is 7.50. The second kappa shape index (κ2) is 7.96. The number of fused-ring (bicyclic) bond motifs is 1. The molecule has 2 amide bonds. The second-order valence-electron chi connectivity index (χ2n) is 7.23. The molecule has 1 atom stereocenters. The number of aromatic nitrogens is 1. The molecule has 150 valence electrons. The van der Waals surface area contributed by atoms with Crippen molar-refractivity contribution in [2.24, 2.45) is 0 Å². The molecule has 2 aromatic rings. The van der Waals surface area contributed by atoms with Crippen LogP contribution in [0.5, 0.6) is 0 Å². The van der Waals surface area contributed by atoms with E-state index in [2.05, 4.69) is 20.5 Å². The molecule has 4 rings (SSSR count). The van der Waals surface area contributed by atoms with Crippen molar-refractivity contribution in [3.63, 3.8) is 0 Å². The van der Waals surface area contributed by atoms with E-state index in [1.165, 1.54) is 37.2 Å². The zero-order valence-corrected chi connectivity index (χ0v) is 15.8. The molecule has 3 heterocycles. The average molecular weight is 395 g/mol. The van der Waals surface area contributed by atoms with Gasteiger partial charge in [0, 0.05) is 42.7 Å². The summed E-state index contributed by atoms with van der Waals surface area (Å²) in [5.74, 6) is -1.25. The number of nitrogens with one attached hydrogen (secondary N) is 2. The van der Waals surface area contributed by atoms with Crippen molar-refractivity contribution in [2.45, 2.75) is 18.8 Å². The van der Waals surface area contributed by atoms with Crippen LogP contribution in [-0.4, -0.2) is 52.8 Å². The number of hydrogen-bond acceptors (Lipinski definition) is 6. The standard InChI is InChI=1S/C20H21N5O4/c26-19(21-7-10-24-8-1-2-9-24)13-3-5-17(22-12-13)18-15-11-14(25(28)29)4-6-16(15)23-20(18)27/h3-6,11-12,18H,1-2,7-10H2,(H,21,26)(H,23,27). The average Bonchev–Trinajstić information content (AvgIpc) is 3.34. The largest absolute Gasteiger partial charge is 0.351 e. The van der Waals surface area contributed by atoms with Crippen molar-refractivity contribution >= 4 is 23.2 Å². The maximum absolute atomic E-state index is 12.4. The number of nitrogens with zero attached hydrogens (tertiary/aromatic N) is 3. The Morgan fingerprint density at radius 3 is 2.76 bits per heavy atom. The summed E-state index contributed by atoms with van der Waals surface area (Å²) < 4.78 is 0. The first-order chi connectivity index (χ1) is 14.0. The lowest BCUT2D eigenvalue weighted by atomic mass is 9.96. The SMILES string of the molecule is O=C(NCCN1CCCC1)c1ccc(C2C(=O)Nc3ccc([N+](=O)[O-])cc32)nc1. The van der Waals surface area contributed by atoms with Crippen molar-refractivity contribution in [3.05, 3.63) is 63.5 Å². The quantitative estimate of drug-likeness (QED) is 0.570. The van der Waals surface area contributed by atoms with Crippen molar-refractivity contribution in [3.8, 4) is 0 Å². The molecular formula is C20H21N5O4. The van der Waals surface area contributed by atoms with E-state index in [1.54, 1.807) is 12.1 Å². The van der Waals surface area contributed by atoms with Crippen LogP contribution in [0.2, 0.25) is 0 Å². The normalized spacial score (nSPS) is 18.3. The summed E-state index contributed by atoms with van der Waals surface area (Å²) in [7, 11) is 0. The summed E-state index contributed by atoms with van der Waals surface area (Å²) in [6.45, 7) is 3.56. The number of non-ortho nitro benzene ring substituents is 1. The van der Waals surface area contributed by atoms with Crippen LogP contribution in [0.15, 0.2) is 36.5 Å². The minimum atomic E-state index is -0.739. The number of amides is 2. The maximum atomic E-state index is 12.4. The fraction of sp³-hybridized carbons (Fsp3) is 0.350. The highest BCUT2D eigenvalue weighted by molar-refractivity contribution is 6.05. The highest BCUT2D eigenvalue weighted by Crippen LogP contribution is 2.38. The molecule has 1 aromatic heterocycles. The fourth-order valence-electron chi connectivity index (χ4n) is 3.80. The summed E-state index contributed by atoms with van der Waals surface area (Å²) in [6.07, 6.45) is 3.85. The monoisotopic (exact) mass is 395 g/mol. The molecule has 1 aromatic carbocycles. The highest BCUT2D eigenvalue weighted by Gasteiger charge is 2.34. The van der Waals surface area contributed by atoms with E-state index in [4.69, 9.17) is 0 Å². The Morgan fingerprint density at radius 1 is 1.28 bits per heavy atom. The van der Waals surface area contributed by atoms with Crippen LogP contribution >= 0.6 is 0 Å². The Hall–Kier alpha value is -3.33. The van der Waals surface area contributed by atoms with Gasteiger partial charge in [-0.2, -0.15) is 0 Å². The zero-order chi connectivity index (χ0) is 20.4. The van der Waals surface area contributed by atoms with Gasteiger partial charge in [0.15, 0.2) is 0 Å². The lowest BCUT2D eigenvalue weighted by molar-refractivity contribution is -0.384. The minimum absolute atomic E-state index is 0.0840. The molecule has 29 heavy (non-hydrogen) atoms. The molecule has 1 unspecified atom stereocenters. The van der Waals surface area contributed by atoms with Gasteiger partial charge in [-0.1, -0.05) is 0 Å². The van der Waals surface area contributed by atoms with E-state index in [-0.39, 0.29) is 17.5 Å². The molecule has 0 bridgehead atoms. The van der Waals surface area contributed by atoms with Gasteiger partial charge in [0.05, 0.1) is 16.2 Å². The topological polar surface area (TPSA) is 117 Å². The van der Waals surface area contributed by atoms with Gasteiger partial charge in [-0.25, -0.2) is 0 Å². The number of anilines is 1. The molecule has 0 radical (unpaired) electrons. The summed E-state index contributed by atoms with van der Waals surface area (Å²) in [4.78, 5) is 41.9. The molecule has 1 fully saturated rings. The number of nitro benzene ring substituents is 1. The van der Waals surface area contributed by atoms with Gasteiger partial charge in [0.1, 0.15) is 5.92 Å². The number of carbonyl (C=O) groups excluding carboxylic acids is 2. The van der Waals surface area contributed by atoms with Gasteiger partial charge < -0.3 is 15.5 Å². The second-order valence-corrected chi connectivity index (χ2v) is 7.23. The number of rotatable bonds is 6. The number of nitro groups is 1. The predicted octanol–water partition coefficient (Wildman–Crippen LogP) is 1.90. The molecule has 0 aliphatic carbocycles. The van der Waals surface area contributed by atoms with Crippen LogP contribution in [0.4, 0.5) is 11.4 Å². The van der Waals surface area contributed by atoms with Crippen LogP contribution in [0.25, 0.3) is 0 Å². The summed E-state index contributed by atoms with van der Waals surface area (Å²) in [5, 5.41) is 16.7. The van der Waals surface area contributed by atoms with Crippen LogP contribution in [-0.2, 0) is 4.79 Å². The van der Waals surface area contributed by atoms with Gasteiger partial charge in [-0.3, -0.25) is 24.7 Å². The van der Waals surface area contributed by atoms with E-state index >= 15 is 0 Å². The Balaban J connectivity index is 1.45. The third kappa shape index (κ3) is 3.95. The molecule has 0 saturated carbocycles. The molecule has 2 aliphatic rings. The molecule has 1 saturated heterocycles. The minimum Gasteiger partial charge on any atom is -0.351 e. The highest BCUT2D eigenvalue weighted by atomic mass is 16.6. The Bertz CT molecular complexity index is 954. The first-order valence-corrected chi connectivity index (χ1v) is 9.58. The molecular weight excluding hydrogens is 374 g/mol. The smallest absolute Gasteiger partial charge is 0.269 e. The number of likely N-dealkylation sites (tertiary alicyclic amines) is 1. The van der Waals surface area contributed by atoms with Crippen molar-refractivity contribution in [2.75, 3.05) is 31.5 Å².